The molecule has 1 aromatic heterocycles. The maximum absolute atomic E-state index is 12.3. The second-order valence-electron chi connectivity index (χ2n) is 3.82. The van der Waals surface area contributed by atoms with Crippen LogP contribution in [0.3, 0.4) is 0 Å². The minimum atomic E-state index is -4.74. The largest absolute Gasteiger partial charge is 0.487 e. The van der Waals surface area contributed by atoms with Gasteiger partial charge in [-0.1, -0.05) is 0 Å². The van der Waals surface area contributed by atoms with Gasteiger partial charge >= 0.3 is 6.18 Å². The van der Waals surface area contributed by atoms with Gasteiger partial charge in [-0.3, -0.25) is 4.98 Å². The summed E-state index contributed by atoms with van der Waals surface area (Å²) >= 11 is 3.14. The average molecular weight is 314 g/mol. The van der Waals surface area contributed by atoms with Crippen molar-refractivity contribution in [1.82, 2.24) is 4.98 Å². The van der Waals surface area contributed by atoms with Gasteiger partial charge in [0, 0.05) is 5.69 Å². The van der Waals surface area contributed by atoms with Gasteiger partial charge in [0.2, 0.25) is 0 Å². The summed E-state index contributed by atoms with van der Waals surface area (Å²) in [5.41, 5.74) is -2.19. The number of aryl methyl sites for hydroxylation is 1. The lowest BCUT2D eigenvalue weighted by Gasteiger charge is -2.26. The molecule has 96 valence electrons. The van der Waals surface area contributed by atoms with Crippen LogP contribution in [0.1, 0.15) is 12.6 Å². The molecule has 0 spiro atoms. The van der Waals surface area contributed by atoms with Crippen LogP contribution in [0.4, 0.5) is 13.2 Å². The van der Waals surface area contributed by atoms with Crippen LogP contribution in [0.15, 0.2) is 16.7 Å². The van der Waals surface area contributed by atoms with E-state index in [1.165, 1.54) is 6.20 Å². The highest BCUT2D eigenvalue weighted by molar-refractivity contribution is 9.10. The van der Waals surface area contributed by atoms with Gasteiger partial charge in [-0.2, -0.15) is 13.2 Å². The molecule has 0 saturated carbocycles. The molecule has 1 atom stereocenters. The highest BCUT2D eigenvalue weighted by Crippen LogP contribution is 2.32. The molecule has 17 heavy (non-hydrogen) atoms. The summed E-state index contributed by atoms with van der Waals surface area (Å²) in [6.45, 7) is 1.50. The van der Waals surface area contributed by atoms with Crippen molar-refractivity contribution >= 4 is 15.9 Å². The highest BCUT2D eigenvalue weighted by atomic mass is 79.9. The van der Waals surface area contributed by atoms with Gasteiger partial charge in [0.25, 0.3) is 0 Å². The van der Waals surface area contributed by atoms with Crippen molar-refractivity contribution in [2.45, 2.75) is 25.6 Å². The number of nitrogens with zero attached hydrogens (tertiary/aromatic N) is 1. The van der Waals surface area contributed by atoms with E-state index in [1.807, 2.05) is 0 Å². The van der Waals surface area contributed by atoms with Crippen molar-refractivity contribution in [2.24, 2.45) is 0 Å². The van der Waals surface area contributed by atoms with E-state index < -0.39 is 18.4 Å². The number of rotatable bonds is 3. The summed E-state index contributed by atoms with van der Waals surface area (Å²) in [6, 6.07) is 1.61. The second kappa shape index (κ2) is 4.81. The summed E-state index contributed by atoms with van der Waals surface area (Å²) in [4.78, 5) is 3.88. The standard InChI is InChI=1S/C10H11BrF3NO2/c1-6-3-7(11)8(4-15-6)17-5-9(2,16)10(12,13)14/h3-4,16H,5H2,1-2H3. The third-order valence-corrected chi connectivity index (χ3v) is 2.70. The van der Waals surface area contributed by atoms with Crippen LogP contribution < -0.4 is 4.74 Å². The maximum Gasteiger partial charge on any atom is 0.420 e. The summed E-state index contributed by atoms with van der Waals surface area (Å²) in [5, 5.41) is 9.17. The highest BCUT2D eigenvalue weighted by Gasteiger charge is 2.50. The van der Waals surface area contributed by atoms with Crippen molar-refractivity contribution in [2.75, 3.05) is 6.61 Å². The van der Waals surface area contributed by atoms with Gasteiger partial charge in [0.05, 0.1) is 10.7 Å². The Balaban J connectivity index is 2.74. The zero-order valence-corrected chi connectivity index (χ0v) is 10.8. The van der Waals surface area contributed by atoms with Crippen LogP contribution in [0.5, 0.6) is 5.75 Å². The van der Waals surface area contributed by atoms with Crippen molar-refractivity contribution < 1.29 is 23.0 Å². The van der Waals surface area contributed by atoms with Crippen molar-refractivity contribution in [3.63, 3.8) is 0 Å². The molecule has 7 heteroatoms. The molecule has 0 bridgehead atoms. The fourth-order valence-corrected chi connectivity index (χ4v) is 1.47. The Morgan fingerprint density at radius 3 is 2.53 bits per heavy atom. The monoisotopic (exact) mass is 313 g/mol. The fraction of sp³-hybridized carbons (Fsp3) is 0.500. The molecule has 0 saturated heterocycles. The lowest BCUT2D eigenvalue weighted by molar-refractivity contribution is -0.260. The summed E-state index contributed by atoms with van der Waals surface area (Å²) in [6.07, 6.45) is -3.44. The number of ether oxygens (including phenoxy) is 1. The third-order valence-electron chi connectivity index (χ3n) is 2.08. The minimum absolute atomic E-state index is 0.153. The predicted octanol–water partition coefficient (Wildman–Crippen LogP) is 2.84. The predicted molar refractivity (Wildman–Crippen MR) is 58.8 cm³/mol. The third kappa shape index (κ3) is 3.57. The Morgan fingerprint density at radius 1 is 1.47 bits per heavy atom. The first-order chi connectivity index (χ1) is 7.63. The molecule has 1 N–H and O–H groups in total. The molecule has 1 aromatic rings. The van der Waals surface area contributed by atoms with Crippen molar-refractivity contribution in [1.29, 1.82) is 0 Å². The molecular formula is C10H11BrF3NO2. The normalized spacial score (nSPS) is 15.5. The molecule has 0 aromatic carbocycles. The van der Waals surface area contributed by atoms with E-state index in [0.29, 0.717) is 17.1 Å². The molecular weight excluding hydrogens is 303 g/mol. The van der Waals surface area contributed by atoms with E-state index in [0.717, 1.165) is 0 Å². The SMILES string of the molecule is Cc1cc(Br)c(OCC(C)(O)C(F)(F)F)cn1. The van der Waals surface area contributed by atoms with Crippen molar-refractivity contribution in [3.8, 4) is 5.75 Å². The first kappa shape index (κ1) is 14.2. The van der Waals surface area contributed by atoms with Gasteiger partial charge in [-0.05, 0) is 35.8 Å². The fourth-order valence-electron chi connectivity index (χ4n) is 0.920. The van der Waals surface area contributed by atoms with Gasteiger partial charge in [0.1, 0.15) is 6.61 Å². The molecule has 0 fully saturated rings. The molecule has 0 aliphatic heterocycles. The van der Waals surface area contributed by atoms with Crippen LogP contribution in [-0.2, 0) is 0 Å². The van der Waals surface area contributed by atoms with Crippen LogP contribution in [0, 0.1) is 6.92 Å². The van der Waals surface area contributed by atoms with Crippen molar-refractivity contribution in [3.05, 3.63) is 22.4 Å². The number of aromatic nitrogens is 1. The summed E-state index contributed by atoms with van der Waals surface area (Å²) in [5.74, 6) is 0.153. The van der Waals surface area contributed by atoms with Gasteiger partial charge in [-0.15, -0.1) is 0 Å². The summed E-state index contributed by atoms with van der Waals surface area (Å²) < 4.78 is 42.4. The number of aliphatic hydroxyl groups is 1. The minimum Gasteiger partial charge on any atom is -0.487 e. The lowest BCUT2D eigenvalue weighted by Crippen LogP contribution is -2.47. The average Bonchev–Trinajstić information content (AvgIpc) is 2.14. The van der Waals surface area contributed by atoms with Crippen LogP contribution >= 0.6 is 15.9 Å². The molecule has 0 radical (unpaired) electrons. The first-order valence-electron chi connectivity index (χ1n) is 4.67. The van der Waals surface area contributed by atoms with E-state index >= 15 is 0 Å². The number of alkyl halides is 3. The maximum atomic E-state index is 12.3. The number of hydrogen-bond donors (Lipinski definition) is 1. The lowest BCUT2D eigenvalue weighted by atomic mass is 10.1. The van der Waals surface area contributed by atoms with Crippen LogP contribution in [0.25, 0.3) is 0 Å². The summed E-state index contributed by atoms with van der Waals surface area (Å²) in [7, 11) is 0. The second-order valence-corrected chi connectivity index (χ2v) is 4.67. The molecule has 1 heterocycles. The smallest absolute Gasteiger partial charge is 0.420 e. The molecule has 1 rings (SSSR count). The Bertz CT molecular complexity index is 407. The van der Waals surface area contributed by atoms with E-state index in [4.69, 9.17) is 4.74 Å². The number of halogens is 4. The van der Waals surface area contributed by atoms with Gasteiger partial charge < -0.3 is 9.84 Å². The molecule has 1 unspecified atom stereocenters. The molecule has 0 amide bonds. The molecule has 0 aliphatic rings. The Labute approximate surface area is 105 Å². The van der Waals surface area contributed by atoms with Gasteiger partial charge in [0.15, 0.2) is 11.4 Å². The first-order valence-corrected chi connectivity index (χ1v) is 5.47. The Hall–Kier alpha value is -0.820. The zero-order valence-electron chi connectivity index (χ0n) is 9.18. The van der Waals surface area contributed by atoms with E-state index in [2.05, 4.69) is 20.9 Å². The Kier molecular flexibility index (Phi) is 4.03. The number of hydrogen-bond acceptors (Lipinski definition) is 3. The Morgan fingerprint density at radius 2 is 2.06 bits per heavy atom. The van der Waals surface area contributed by atoms with E-state index in [9.17, 15) is 18.3 Å². The zero-order chi connectivity index (χ0) is 13.3. The van der Waals surface area contributed by atoms with E-state index in [-0.39, 0.29) is 5.75 Å². The number of pyridine rings is 1. The van der Waals surface area contributed by atoms with E-state index in [1.54, 1.807) is 13.0 Å². The molecule has 0 aliphatic carbocycles. The van der Waals surface area contributed by atoms with Gasteiger partial charge in [-0.25, -0.2) is 0 Å². The van der Waals surface area contributed by atoms with Crippen LogP contribution in [-0.4, -0.2) is 28.5 Å². The van der Waals surface area contributed by atoms with Crippen LogP contribution in [0.2, 0.25) is 0 Å². The quantitative estimate of drug-likeness (QED) is 0.933. The molecule has 3 nitrogen and oxygen atoms in total. The topological polar surface area (TPSA) is 42.4 Å².